The molecule has 0 aliphatic carbocycles. The third-order valence-corrected chi connectivity index (χ3v) is 1.23. The number of benzene rings is 1. The number of rotatable bonds is 1. The molecule has 1 rings (SSSR count). The third kappa shape index (κ3) is 8.29. The van der Waals surface area contributed by atoms with Crippen LogP contribution >= 0.6 is 0 Å². The number of carbonyl (C=O) groups is 2. The van der Waals surface area contributed by atoms with E-state index in [0.29, 0.717) is 5.69 Å². The number of primary amides is 1. The van der Waals surface area contributed by atoms with Crippen LogP contribution in [0.2, 0.25) is 0 Å². The highest BCUT2D eigenvalue weighted by molar-refractivity contribution is 5.88. The Kier molecular flexibility index (Phi) is 5.55. The molecule has 5 N–H and O–H groups in total. The lowest BCUT2D eigenvalue weighted by Gasteiger charge is -2.00. The van der Waals surface area contributed by atoms with Crippen molar-refractivity contribution in [1.29, 1.82) is 0 Å². The average Bonchev–Trinajstić information content (AvgIpc) is 2.07. The maximum absolute atomic E-state index is 10.6. The van der Waals surface area contributed by atoms with Crippen molar-refractivity contribution in [1.82, 2.24) is 0 Å². The number of amides is 2. The first kappa shape index (κ1) is 13.0. The van der Waals surface area contributed by atoms with Crippen molar-refractivity contribution in [2.75, 3.05) is 11.1 Å². The molecule has 5 nitrogen and oxygen atoms in total. The van der Waals surface area contributed by atoms with E-state index in [4.69, 9.17) is 5.73 Å². The summed E-state index contributed by atoms with van der Waals surface area (Å²) < 4.78 is 0. The molecular formula is C10H15N3O2. The molecule has 0 heterocycles. The number of nitrogen functional groups attached to an aromatic ring is 1. The molecule has 1 aromatic carbocycles. The number of nitrogens with two attached hydrogens (primary N) is 2. The van der Waals surface area contributed by atoms with Crippen molar-refractivity contribution in [3.63, 3.8) is 0 Å². The Hall–Kier alpha value is -2.04. The molecule has 0 radical (unpaired) electrons. The molecule has 15 heavy (non-hydrogen) atoms. The van der Waals surface area contributed by atoms with Crippen molar-refractivity contribution in [2.45, 2.75) is 13.8 Å². The number of hydrogen-bond acceptors (Lipinski definition) is 3. The molecule has 0 atom stereocenters. The number of anilines is 2. The summed E-state index contributed by atoms with van der Waals surface area (Å²) >= 11 is 0. The van der Waals surface area contributed by atoms with Crippen LogP contribution in [0.15, 0.2) is 24.3 Å². The van der Waals surface area contributed by atoms with Crippen LogP contribution in [0.25, 0.3) is 0 Å². The summed E-state index contributed by atoms with van der Waals surface area (Å²) in [5.74, 6) is -0.408. The Morgan fingerprint density at radius 1 is 1.13 bits per heavy atom. The minimum absolute atomic E-state index is 0.0743. The minimum atomic E-state index is -0.333. The smallest absolute Gasteiger partial charge is 0.221 e. The summed E-state index contributed by atoms with van der Waals surface area (Å²) in [7, 11) is 0. The van der Waals surface area contributed by atoms with Crippen molar-refractivity contribution in [3.05, 3.63) is 24.3 Å². The zero-order chi connectivity index (χ0) is 11.8. The van der Waals surface area contributed by atoms with Gasteiger partial charge in [0.05, 0.1) is 0 Å². The SMILES string of the molecule is CC(=O)Nc1ccc(N)cc1.CC(N)=O. The van der Waals surface area contributed by atoms with E-state index >= 15 is 0 Å². The van der Waals surface area contributed by atoms with E-state index in [-0.39, 0.29) is 11.8 Å². The molecule has 2 amide bonds. The molecular weight excluding hydrogens is 194 g/mol. The van der Waals surface area contributed by atoms with Gasteiger partial charge in [0.15, 0.2) is 0 Å². The fourth-order valence-electron chi connectivity index (χ4n) is 0.770. The van der Waals surface area contributed by atoms with Crippen LogP contribution in [0.3, 0.4) is 0 Å². The quantitative estimate of drug-likeness (QED) is 0.594. The van der Waals surface area contributed by atoms with Crippen molar-refractivity contribution < 1.29 is 9.59 Å². The zero-order valence-electron chi connectivity index (χ0n) is 8.78. The Balaban J connectivity index is 0.000000423. The van der Waals surface area contributed by atoms with Gasteiger partial charge in [0.1, 0.15) is 0 Å². The second-order valence-electron chi connectivity index (χ2n) is 2.91. The molecule has 0 aromatic heterocycles. The van der Waals surface area contributed by atoms with Gasteiger partial charge in [-0.3, -0.25) is 9.59 Å². The normalized spacial score (nSPS) is 8.40. The van der Waals surface area contributed by atoms with Crippen molar-refractivity contribution in [2.24, 2.45) is 5.73 Å². The van der Waals surface area contributed by atoms with Gasteiger partial charge in [-0.2, -0.15) is 0 Å². The van der Waals surface area contributed by atoms with E-state index in [1.807, 2.05) is 0 Å². The van der Waals surface area contributed by atoms with Crippen molar-refractivity contribution >= 4 is 23.2 Å². The second kappa shape index (κ2) is 6.42. The Bertz CT molecular complexity index is 329. The maximum atomic E-state index is 10.6. The van der Waals surface area contributed by atoms with E-state index in [1.54, 1.807) is 24.3 Å². The molecule has 0 spiro atoms. The summed E-state index contributed by atoms with van der Waals surface area (Å²) in [6.45, 7) is 2.77. The Labute approximate surface area is 88.4 Å². The fraction of sp³-hybridized carbons (Fsp3) is 0.200. The fourth-order valence-corrected chi connectivity index (χ4v) is 0.770. The van der Waals surface area contributed by atoms with Gasteiger partial charge in [0.25, 0.3) is 0 Å². The average molecular weight is 209 g/mol. The molecule has 0 aliphatic rings. The summed E-state index contributed by atoms with van der Waals surface area (Å²) in [6.07, 6.45) is 0. The molecule has 1 aromatic rings. The Morgan fingerprint density at radius 2 is 1.53 bits per heavy atom. The first-order valence-corrected chi connectivity index (χ1v) is 4.31. The van der Waals surface area contributed by atoms with E-state index < -0.39 is 0 Å². The topological polar surface area (TPSA) is 98.2 Å². The highest BCUT2D eigenvalue weighted by atomic mass is 16.1. The summed E-state index contributed by atoms with van der Waals surface area (Å²) in [6, 6.07) is 7.00. The van der Waals surface area contributed by atoms with Gasteiger partial charge in [-0.05, 0) is 24.3 Å². The molecule has 0 saturated heterocycles. The predicted octanol–water partition coefficient (Wildman–Crippen LogP) is 0.719. The lowest BCUT2D eigenvalue weighted by Crippen LogP contribution is -2.05. The molecule has 5 heteroatoms. The van der Waals surface area contributed by atoms with Crippen molar-refractivity contribution in [3.8, 4) is 0 Å². The molecule has 0 saturated carbocycles. The summed E-state index contributed by atoms with van der Waals surface area (Å²) in [4.78, 5) is 19.8. The lowest BCUT2D eigenvalue weighted by atomic mass is 10.3. The molecule has 0 aliphatic heterocycles. The van der Waals surface area contributed by atoms with E-state index in [2.05, 4.69) is 11.1 Å². The van der Waals surface area contributed by atoms with Crippen LogP contribution in [0, 0.1) is 0 Å². The monoisotopic (exact) mass is 209 g/mol. The third-order valence-electron chi connectivity index (χ3n) is 1.23. The van der Waals surface area contributed by atoms with Crippen LogP contribution in [0.1, 0.15) is 13.8 Å². The molecule has 0 fully saturated rings. The zero-order valence-corrected chi connectivity index (χ0v) is 8.78. The standard InChI is InChI=1S/C8H10N2O.C2H5NO/c1-6(11)10-8-4-2-7(9)3-5-8;1-2(3)4/h2-5H,9H2,1H3,(H,10,11);1H3,(H2,3,4). The van der Waals surface area contributed by atoms with Gasteiger partial charge in [0.2, 0.25) is 11.8 Å². The number of nitrogens with one attached hydrogen (secondary N) is 1. The van der Waals surface area contributed by atoms with Gasteiger partial charge < -0.3 is 16.8 Å². The summed E-state index contributed by atoms with van der Waals surface area (Å²) in [5, 5.41) is 2.64. The van der Waals surface area contributed by atoms with Gasteiger partial charge in [0, 0.05) is 25.2 Å². The van der Waals surface area contributed by atoms with Gasteiger partial charge in [-0.1, -0.05) is 0 Å². The van der Waals surface area contributed by atoms with Crippen LogP contribution in [-0.4, -0.2) is 11.8 Å². The van der Waals surface area contributed by atoms with Crippen LogP contribution in [-0.2, 0) is 9.59 Å². The van der Waals surface area contributed by atoms with Gasteiger partial charge in [-0.15, -0.1) is 0 Å². The second-order valence-corrected chi connectivity index (χ2v) is 2.91. The van der Waals surface area contributed by atoms with Crippen LogP contribution in [0.5, 0.6) is 0 Å². The summed E-state index contributed by atoms with van der Waals surface area (Å²) in [5.41, 5.74) is 11.4. The van der Waals surface area contributed by atoms with E-state index in [9.17, 15) is 9.59 Å². The molecule has 0 bridgehead atoms. The van der Waals surface area contributed by atoms with Crippen LogP contribution < -0.4 is 16.8 Å². The largest absolute Gasteiger partial charge is 0.399 e. The first-order valence-electron chi connectivity index (χ1n) is 4.31. The van der Waals surface area contributed by atoms with E-state index in [0.717, 1.165) is 5.69 Å². The lowest BCUT2D eigenvalue weighted by molar-refractivity contribution is -0.116. The Morgan fingerprint density at radius 3 is 1.87 bits per heavy atom. The predicted molar refractivity (Wildman–Crippen MR) is 60.0 cm³/mol. The van der Waals surface area contributed by atoms with E-state index in [1.165, 1.54) is 13.8 Å². The first-order chi connectivity index (χ1) is 6.91. The molecule has 82 valence electrons. The molecule has 0 unspecified atom stereocenters. The highest BCUT2D eigenvalue weighted by Crippen LogP contribution is 2.09. The van der Waals surface area contributed by atoms with Crippen LogP contribution in [0.4, 0.5) is 11.4 Å². The maximum Gasteiger partial charge on any atom is 0.221 e. The van der Waals surface area contributed by atoms with Gasteiger partial charge >= 0.3 is 0 Å². The minimum Gasteiger partial charge on any atom is -0.399 e. The number of hydrogen-bond donors (Lipinski definition) is 3. The highest BCUT2D eigenvalue weighted by Gasteiger charge is 1.92. The van der Waals surface area contributed by atoms with Gasteiger partial charge in [-0.25, -0.2) is 0 Å². The number of carbonyl (C=O) groups excluding carboxylic acids is 2.